The van der Waals surface area contributed by atoms with Crippen LogP contribution in [0.15, 0.2) is 34.7 Å². The van der Waals surface area contributed by atoms with Crippen LogP contribution in [-0.2, 0) is 13.7 Å². The van der Waals surface area contributed by atoms with Crippen LogP contribution in [0.4, 0.5) is 0 Å². The third kappa shape index (κ3) is 2.30. The van der Waals surface area contributed by atoms with Gasteiger partial charge in [0.2, 0.25) is 0 Å². The Kier molecular flexibility index (Phi) is 3.42. The molecule has 0 aromatic carbocycles. The maximum absolute atomic E-state index is 9.06. The van der Waals surface area contributed by atoms with Gasteiger partial charge >= 0.3 is 0 Å². The topological polar surface area (TPSA) is 74.7 Å². The molecule has 2 heterocycles. The summed E-state index contributed by atoms with van der Waals surface area (Å²) >= 11 is 1.31. The van der Waals surface area contributed by atoms with Crippen LogP contribution in [0, 0.1) is 11.3 Å². The van der Waals surface area contributed by atoms with Crippen LogP contribution in [0.1, 0.15) is 11.3 Å². The van der Waals surface area contributed by atoms with Crippen molar-refractivity contribution in [3.05, 3.63) is 35.8 Å². The molecule has 0 bridgehead atoms. The van der Waals surface area contributed by atoms with E-state index in [1.165, 1.54) is 11.8 Å². The molecule has 2 rings (SSSR count). The minimum absolute atomic E-state index is 0.0581. The quantitative estimate of drug-likeness (QED) is 0.884. The zero-order chi connectivity index (χ0) is 12.3. The van der Waals surface area contributed by atoms with Crippen LogP contribution >= 0.6 is 11.8 Å². The van der Waals surface area contributed by atoms with Gasteiger partial charge in [0.05, 0.1) is 24.1 Å². The molecule has 1 N–H and O–H groups in total. The third-order valence-corrected chi connectivity index (χ3v) is 3.36. The predicted octanol–water partition coefficient (Wildman–Crippen LogP) is 1.33. The monoisotopic (exact) mass is 246 g/mol. The SMILES string of the molecule is Cn1c(CO)cnc1Sc1ncccc1C#N. The molecule has 0 saturated heterocycles. The van der Waals surface area contributed by atoms with Gasteiger partial charge in [-0.3, -0.25) is 0 Å². The highest BCUT2D eigenvalue weighted by molar-refractivity contribution is 7.99. The van der Waals surface area contributed by atoms with Gasteiger partial charge in [0.25, 0.3) is 0 Å². The molecule has 0 aliphatic rings. The number of nitrogens with zero attached hydrogens (tertiary/aromatic N) is 4. The normalized spacial score (nSPS) is 10.2. The summed E-state index contributed by atoms with van der Waals surface area (Å²) in [6.07, 6.45) is 3.25. The summed E-state index contributed by atoms with van der Waals surface area (Å²) in [6, 6.07) is 5.52. The van der Waals surface area contributed by atoms with Gasteiger partial charge in [-0.05, 0) is 23.9 Å². The Morgan fingerprint density at radius 1 is 1.53 bits per heavy atom. The summed E-state index contributed by atoms with van der Waals surface area (Å²) in [6.45, 7) is -0.0581. The minimum atomic E-state index is -0.0581. The molecule has 17 heavy (non-hydrogen) atoms. The summed E-state index contributed by atoms with van der Waals surface area (Å²) in [5, 5.41) is 19.3. The maximum Gasteiger partial charge on any atom is 0.174 e. The van der Waals surface area contributed by atoms with Gasteiger partial charge in [-0.25, -0.2) is 9.97 Å². The number of nitriles is 1. The lowest BCUT2D eigenvalue weighted by molar-refractivity contribution is 0.271. The molecule has 0 aliphatic heterocycles. The summed E-state index contributed by atoms with van der Waals surface area (Å²) in [7, 11) is 1.82. The molecule has 0 saturated carbocycles. The van der Waals surface area contributed by atoms with E-state index in [1.807, 2.05) is 7.05 Å². The van der Waals surface area contributed by atoms with E-state index in [0.717, 1.165) is 5.69 Å². The number of pyridine rings is 1. The Labute approximate surface area is 103 Å². The average Bonchev–Trinajstić information content (AvgIpc) is 2.71. The fourth-order valence-corrected chi connectivity index (χ4v) is 2.18. The molecule has 0 atom stereocenters. The molecule has 2 aromatic heterocycles. The lowest BCUT2D eigenvalue weighted by Crippen LogP contribution is -1.97. The third-order valence-electron chi connectivity index (χ3n) is 2.28. The second kappa shape index (κ2) is 4.99. The lowest BCUT2D eigenvalue weighted by Gasteiger charge is -2.04. The van der Waals surface area contributed by atoms with Crippen LogP contribution in [0.5, 0.6) is 0 Å². The maximum atomic E-state index is 9.06. The Morgan fingerprint density at radius 2 is 2.35 bits per heavy atom. The number of hydrogen-bond donors (Lipinski definition) is 1. The van der Waals surface area contributed by atoms with Gasteiger partial charge in [-0.15, -0.1) is 0 Å². The van der Waals surface area contributed by atoms with E-state index in [4.69, 9.17) is 10.4 Å². The molecule has 5 nitrogen and oxygen atoms in total. The Hall–Kier alpha value is -1.84. The van der Waals surface area contributed by atoms with E-state index in [2.05, 4.69) is 16.0 Å². The van der Waals surface area contributed by atoms with Gasteiger partial charge in [-0.1, -0.05) is 0 Å². The van der Waals surface area contributed by atoms with Crippen molar-refractivity contribution in [3.63, 3.8) is 0 Å². The summed E-state index contributed by atoms with van der Waals surface area (Å²) in [4.78, 5) is 8.32. The second-order valence-electron chi connectivity index (χ2n) is 3.32. The highest BCUT2D eigenvalue weighted by Crippen LogP contribution is 2.27. The molecule has 0 amide bonds. The number of rotatable bonds is 3. The average molecular weight is 246 g/mol. The van der Waals surface area contributed by atoms with E-state index in [9.17, 15) is 0 Å². The smallest absolute Gasteiger partial charge is 0.174 e. The van der Waals surface area contributed by atoms with Crippen LogP contribution in [-0.4, -0.2) is 19.6 Å². The van der Waals surface area contributed by atoms with Crippen molar-refractivity contribution in [3.8, 4) is 6.07 Å². The van der Waals surface area contributed by atoms with Crippen LogP contribution in [0.25, 0.3) is 0 Å². The van der Waals surface area contributed by atoms with Crippen LogP contribution in [0.3, 0.4) is 0 Å². The van der Waals surface area contributed by atoms with Gasteiger partial charge in [0.15, 0.2) is 5.16 Å². The molecular formula is C11H10N4OS. The number of imidazole rings is 1. The molecule has 86 valence electrons. The number of aliphatic hydroxyl groups is 1. The van der Waals surface area contributed by atoms with Crippen LogP contribution < -0.4 is 0 Å². The van der Waals surface area contributed by atoms with Crippen LogP contribution in [0.2, 0.25) is 0 Å². The fourth-order valence-electron chi connectivity index (χ4n) is 1.31. The minimum Gasteiger partial charge on any atom is -0.390 e. The fraction of sp³-hybridized carbons (Fsp3) is 0.182. The summed E-state index contributed by atoms with van der Waals surface area (Å²) in [5.41, 5.74) is 1.24. The van der Waals surface area contributed by atoms with E-state index < -0.39 is 0 Å². The van der Waals surface area contributed by atoms with Crippen molar-refractivity contribution in [1.82, 2.24) is 14.5 Å². The van der Waals surface area contributed by atoms with Crippen molar-refractivity contribution in [2.45, 2.75) is 16.8 Å². The Bertz CT molecular complexity index is 573. The molecule has 0 aliphatic carbocycles. The lowest BCUT2D eigenvalue weighted by atomic mass is 10.3. The van der Waals surface area contributed by atoms with Gasteiger partial charge in [0, 0.05) is 13.2 Å². The molecule has 2 aromatic rings. The first-order chi connectivity index (χ1) is 8.26. The predicted molar refractivity (Wildman–Crippen MR) is 62.2 cm³/mol. The van der Waals surface area contributed by atoms with Gasteiger partial charge in [-0.2, -0.15) is 5.26 Å². The number of aromatic nitrogens is 3. The first kappa shape index (κ1) is 11.6. The van der Waals surface area contributed by atoms with E-state index in [0.29, 0.717) is 15.7 Å². The summed E-state index contributed by atoms with van der Waals surface area (Å²) in [5.74, 6) is 0. The molecule has 0 spiro atoms. The first-order valence-corrected chi connectivity index (χ1v) is 5.72. The van der Waals surface area contributed by atoms with Crippen molar-refractivity contribution in [1.29, 1.82) is 5.26 Å². The number of aliphatic hydroxyl groups excluding tert-OH is 1. The van der Waals surface area contributed by atoms with Crippen molar-refractivity contribution >= 4 is 11.8 Å². The zero-order valence-corrected chi connectivity index (χ0v) is 9.98. The molecule has 0 radical (unpaired) electrons. The van der Waals surface area contributed by atoms with Crippen molar-refractivity contribution in [2.24, 2.45) is 7.05 Å². The standard InChI is InChI=1S/C11H10N4OS/c1-15-9(7-16)6-14-11(15)17-10-8(5-12)3-2-4-13-10/h2-4,6,16H,7H2,1H3. The largest absolute Gasteiger partial charge is 0.390 e. The highest BCUT2D eigenvalue weighted by atomic mass is 32.2. The first-order valence-electron chi connectivity index (χ1n) is 4.90. The van der Waals surface area contributed by atoms with E-state index in [1.54, 1.807) is 29.1 Å². The number of hydrogen-bond acceptors (Lipinski definition) is 5. The Balaban J connectivity index is 2.32. The second-order valence-corrected chi connectivity index (χ2v) is 4.28. The summed E-state index contributed by atoms with van der Waals surface area (Å²) < 4.78 is 1.78. The zero-order valence-electron chi connectivity index (χ0n) is 9.16. The van der Waals surface area contributed by atoms with E-state index in [-0.39, 0.29) is 6.61 Å². The van der Waals surface area contributed by atoms with Gasteiger partial charge in [0.1, 0.15) is 11.1 Å². The van der Waals surface area contributed by atoms with E-state index >= 15 is 0 Å². The molecule has 0 unspecified atom stereocenters. The molecule has 6 heteroatoms. The van der Waals surface area contributed by atoms with Crippen molar-refractivity contribution in [2.75, 3.05) is 0 Å². The molecule has 0 fully saturated rings. The Morgan fingerprint density at radius 3 is 3.00 bits per heavy atom. The van der Waals surface area contributed by atoms with Crippen molar-refractivity contribution < 1.29 is 5.11 Å². The van der Waals surface area contributed by atoms with Gasteiger partial charge < -0.3 is 9.67 Å². The molecular weight excluding hydrogens is 236 g/mol. The highest BCUT2D eigenvalue weighted by Gasteiger charge is 2.10.